The predicted octanol–water partition coefficient (Wildman–Crippen LogP) is -0.778. The first kappa shape index (κ1) is 15.6. The summed E-state index contributed by atoms with van der Waals surface area (Å²) < 4.78 is 3.86. The third-order valence-electron chi connectivity index (χ3n) is 1.81. The van der Waals surface area contributed by atoms with Gasteiger partial charge < -0.3 is 25.2 Å². The molecule has 90 valence electrons. The number of phenolic OH excluding ortho intramolecular Hbond substituents is 2. The van der Waals surface area contributed by atoms with Crippen LogP contribution in [0.1, 0.15) is 5.56 Å². The summed E-state index contributed by atoms with van der Waals surface area (Å²) in [7, 11) is 5.19. The zero-order chi connectivity index (χ0) is 13.4. The number of carbonyl (C=O) groups is 1. The van der Waals surface area contributed by atoms with Gasteiger partial charge in [-0.1, -0.05) is 6.07 Å². The van der Waals surface area contributed by atoms with Crippen molar-refractivity contribution in [2.24, 2.45) is 5.73 Å². The van der Waals surface area contributed by atoms with Crippen LogP contribution in [0.3, 0.4) is 0 Å². The van der Waals surface area contributed by atoms with Crippen LogP contribution in [0, 0.1) is 0 Å². The molecular weight excluding hydrogens is 258 g/mol. The molecule has 0 aliphatic carbocycles. The van der Waals surface area contributed by atoms with Gasteiger partial charge in [0.1, 0.15) is 6.04 Å². The van der Waals surface area contributed by atoms with E-state index in [4.69, 9.17) is 21.1 Å². The van der Waals surface area contributed by atoms with Gasteiger partial charge in [-0.15, -0.1) is 0 Å². The lowest BCUT2D eigenvalue weighted by Gasteiger charge is -2.06. The van der Waals surface area contributed by atoms with Crippen LogP contribution >= 0.6 is 0 Å². The molecule has 0 aliphatic rings. The molecule has 1 rings (SSSR count). The van der Waals surface area contributed by atoms with Crippen molar-refractivity contribution in [2.45, 2.75) is 12.5 Å². The SMILES string of the molecule is N[C@@H](Cc1ccc(O)c(O)c1)C(=O)O.[Si]O[Si]. The van der Waals surface area contributed by atoms with E-state index in [0.717, 1.165) is 0 Å². The van der Waals surface area contributed by atoms with Crippen LogP contribution < -0.4 is 5.73 Å². The van der Waals surface area contributed by atoms with Crippen molar-refractivity contribution in [3.63, 3.8) is 0 Å². The Hall–Kier alpha value is -1.36. The minimum Gasteiger partial charge on any atom is -0.504 e. The van der Waals surface area contributed by atoms with Crippen LogP contribution in [0.25, 0.3) is 0 Å². The summed E-state index contributed by atoms with van der Waals surface area (Å²) in [5, 5.41) is 26.6. The Morgan fingerprint density at radius 2 is 1.88 bits per heavy atom. The molecule has 1 atom stereocenters. The summed E-state index contributed by atoms with van der Waals surface area (Å²) in [6.45, 7) is 0. The molecule has 0 amide bonds. The summed E-state index contributed by atoms with van der Waals surface area (Å²) in [4.78, 5) is 10.4. The van der Waals surface area contributed by atoms with Crippen molar-refractivity contribution in [3.05, 3.63) is 23.8 Å². The fourth-order valence-electron chi connectivity index (χ4n) is 1.04. The lowest BCUT2D eigenvalue weighted by atomic mass is 10.1. The number of aromatic hydroxyl groups is 2. The lowest BCUT2D eigenvalue weighted by Crippen LogP contribution is -2.32. The number of carboxylic acid groups (broad SMARTS) is 1. The molecule has 17 heavy (non-hydrogen) atoms. The van der Waals surface area contributed by atoms with E-state index >= 15 is 0 Å². The maximum Gasteiger partial charge on any atom is 0.320 e. The first-order valence-corrected chi connectivity index (χ1v) is 5.22. The highest BCUT2D eigenvalue weighted by Gasteiger charge is 2.12. The number of hydrogen-bond donors (Lipinski definition) is 4. The van der Waals surface area contributed by atoms with Crippen molar-refractivity contribution in [1.82, 2.24) is 0 Å². The maximum atomic E-state index is 10.4. The van der Waals surface area contributed by atoms with Crippen molar-refractivity contribution >= 4 is 26.9 Å². The minimum absolute atomic E-state index is 0.114. The molecule has 1 aromatic rings. The fraction of sp³-hybridized carbons (Fsp3) is 0.222. The Kier molecular flexibility index (Phi) is 7.22. The molecule has 0 heterocycles. The van der Waals surface area contributed by atoms with E-state index in [9.17, 15) is 4.79 Å². The van der Waals surface area contributed by atoms with E-state index < -0.39 is 12.0 Å². The van der Waals surface area contributed by atoms with Gasteiger partial charge in [-0.05, 0) is 24.1 Å². The van der Waals surface area contributed by atoms with Crippen LogP contribution in [0.5, 0.6) is 11.5 Å². The summed E-state index contributed by atoms with van der Waals surface area (Å²) >= 11 is 0. The largest absolute Gasteiger partial charge is 0.504 e. The molecule has 0 saturated carbocycles. The van der Waals surface area contributed by atoms with Gasteiger partial charge in [0.2, 0.25) is 21.0 Å². The van der Waals surface area contributed by atoms with E-state index in [-0.39, 0.29) is 17.9 Å². The summed E-state index contributed by atoms with van der Waals surface area (Å²) in [5.74, 6) is -1.62. The summed E-state index contributed by atoms with van der Waals surface area (Å²) in [6.07, 6.45) is 0.114. The van der Waals surface area contributed by atoms with Crippen LogP contribution in [0.15, 0.2) is 18.2 Å². The molecule has 0 spiro atoms. The first-order valence-electron chi connectivity index (χ1n) is 4.41. The van der Waals surface area contributed by atoms with E-state index in [0.29, 0.717) is 5.56 Å². The Bertz CT molecular complexity index is 374. The normalized spacial score (nSPS) is 11.2. The van der Waals surface area contributed by atoms with Gasteiger partial charge in [0, 0.05) is 0 Å². The lowest BCUT2D eigenvalue weighted by molar-refractivity contribution is -0.138. The highest BCUT2D eigenvalue weighted by atomic mass is 28.3. The van der Waals surface area contributed by atoms with Crippen LogP contribution in [0.4, 0.5) is 0 Å². The quantitative estimate of drug-likeness (QED) is 0.423. The van der Waals surface area contributed by atoms with Gasteiger partial charge in [0.25, 0.3) is 0 Å². The van der Waals surface area contributed by atoms with Gasteiger partial charge in [0.15, 0.2) is 11.5 Å². The number of phenols is 2. The van der Waals surface area contributed by atoms with E-state index in [2.05, 4.69) is 25.1 Å². The van der Waals surface area contributed by atoms with Gasteiger partial charge >= 0.3 is 5.97 Å². The van der Waals surface area contributed by atoms with Crippen molar-refractivity contribution < 1.29 is 24.2 Å². The Morgan fingerprint density at radius 1 is 1.35 bits per heavy atom. The topological polar surface area (TPSA) is 113 Å². The molecule has 6 nitrogen and oxygen atoms in total. The number of rotatable bonds is 3. The number of aliphatic carboxylic acids is 1. The van der Waals surface area contributed by atoms with E-state index in [1.54, 1.807) is 0 Å². The van der Waals surface area contributed by atoms with E-state index in [1.165, 1.54) is 18.2 Å². The highest BCUT2D eigenvalue weighted by Crippen LogP contribution is 2.25. The zero-order valence-corrected chi connectivity index (χ0v) is 10.8. The molecule has 0 bridgehead atoms. The second-order valence-electron chi connectivity index (χ2n) is 3.07. The second kappa shape index (κ2) is 7.84. The molecule has 8 heteroatoms. The average Bonchev–Trinajstić information content (AvgIpc) is 2.24. The highest BCUT2D eigenvalue weighted by molar-refractivity contribution is 6.15. The second-order valence-corrected chi connectivity index (χ2v) is 3.89. The fourth-order valence-corrected chi connectivity index (χ4v) is 1.04. The number of hydrogen-bond acceptors (Lipinski definition) is 5. The standard InChI is InChI=1S/C9H11NO4.OSi2/c10-6(9(13)14)3-5-1-2-7(11)8(12)4-5;2-1-3/h1-2,4,6,11-12H,3,10H2,(H,13,14);/t6-;/m0./s1. The molecule has 0 fully saturated rings. The third kappa shape index (κ3) is 6.07. The van der Waals surface area contributed by atoms with E-state index in [1.807, 2.05) is 0 Å². The molecular formula is C9H11NO5Si2. The van der Waals surface area contributed by atoms with Crippen LogP contribution in [0.2, 0.25) is 0 Å². The maximum absolute atomic E-state index is 10.4. The summed E-state index contributed by atoms with van der Waals surface area (Å²) in [6, 6.07) is 3.09. The monoisotopic (exact) mass is 269 g/mol. The smallest absolute Gasteiger partial charge is 0.320 e. The zero-order valence-electron chi connectivity index (χ0n) is 8.75. The average molecular weight is 269 g/mol. The van der Waals surface area contributed by atoms with Crippen molar-refractivity contribution in [1.29, 1.82) is 0 Å². The Labute approximate surface area is 105 Å². The Morgan fingerprint density at radius 3 is 2.29 bits per heavy atom. The molecule has 0 aliphatic heterocycles. The van der Waals surface area contributed by atoms with Crippen molar-refractivity contribution in [2.75, 3.05) is 0 Å². The first-order chi connectivity index (χ1) is 7.92. The molecule has 0 aromatic heterocycles. The molecule has 0 unspecified atom stereocenters. The number of benzene rings is 1. The predicted molar refractivity (Wildman–Crippen MR) is 61.7 cm³/mol. The number of carboxylic acids is 1. The van der Waals surface area contributed by atoms with Gasteiger partial charge in [0.05, 0.1) is 0 Å². The van der Waals surface area contributed by atoms with Crippen LogP contribution in [-0.2, 0) is 15.3 Å². The van der Waals surface area contributed by atoms with Crippen molar-refractivity contribution in [3.8, 4) is 11.5 Å². The minimum atomic E-state index is -1.10. The molecule has 5 N–H and O–H groups in total. The Balaban J connectivity index is 0.000000770. The third-order valence-corrected chi connectivity index (χ3v) is 1.81. The number of nitrogens with two attached hydrogens (primary N) is 1. The molecule has 0 saturated heterocycles. The van der Waals surface area contributed by atoms with Gasteiger partial charge in [-0.2, -0.15) is 0 Å². The molecule has 6 radical (unpaired) electrons. The summed E-state index contributed by atoms with van der Waals surface area (Å²) in [5.41, 5.74) is 5.86. The van der Waals surface area contributed by atoms with Gasteiger partial charge in [-0.25, -0.2) is 0 Å². The molecule has 1 aromatic carbocycles. The van der Waals surface area contributed by atoms with Crippen LogP contribution in [-0.4, -0.2) is 48.3 Å². The van der Waals surface area contributed by atoms with Gasteiger partial charge in [-0.3, -0.25) is 4.79 Å².